The Kier molecular flexibility index (Phi) is 6.32. The van der Waals surface area contributed by atoms with Gasteiger partial charge in [0.25, 0.3) is 5.78 Å². The second-order valence-electron chi connectivity index (χ2n) is 9.07. The molecule has 1 aliphatic rings. The number of carbonyl (C=O) groups excluding carboxylic acids is 1. The van der Waals surface area contributed by atoms with Crippen molar-refractivity contribution in [3.05, 3.63) is 52.3 Å². The van der Waals surface area contributed by atoms with E-state index >= 15 is 0 Å². The van der Waals surface area contributed by atoms with Gasteiger partial charge in [-0.1, -0.05) is 55.4 Å². The van der Waals surface area contributed by atoms with Crippen molar-refractivity contribution in [3.8, 4) is 0 Å². The Bertz CT molecular complexity index is 1100. The van der Waals surface area contributed by atoms with Gasteiger partial charge in [-0.25, -0.2) is 9.50 Å². The average molecular weight is 438 g/mol. The molecule has 3 heterocycles. The van der Waals surface area contributed by atoms with Crippen LogP contribution in [-0.4, -0.2) is 49.2 Å². The number of aryl methyl sites for hydroxylation is 3. The van der Waals surface area contributed by atoms with E-state index in [1.54, 1.807) is 0 Å². The predicted molar refractivity (Wildman–Crippen MR) is 124 cm³/mol. The predicted octanol–water partition coefficient (Wildman–Crippen LogP) is 4.24. The summed E-state index contributed by atoms with van der Waals surface area (Å²) in [4.78, 5) is 24.0. The Morgan fingerprint density at radius 3 is 2.58 bits per heavy atom. The maximum Gasteiger partial charge on any atom is 0.253 e. The van der Waals surface area contributed by atoms with Crippen molar-refractivity contribution >= 4 is 23.4 Å². The number of hydrogen-bond donors (Lipinski definition) is 0. The molecule has 0 unspecified atom stereocenters. The summed E-state index contributed by atoms with van der Waals surface area (Å²) in [5, 5.41) is 5.26. The fraction of sp³-hybridized carbons (Fsp3) is 0.500. The quantitative estimate of drug-likeness (QED) is 0.559. The highest BCUT2D eigenvalue weighted by molar-refractivity contribution is 7.99. The molecular formula is C24H31N5OS. The van der Waals surface area contributed by atoms with Crippen LogP contribution in [0.15, 0.2) is 29.4 Å². The highest BCUT2D eigenvalue weighted by Gasteiger charge is 2.25. The second-order valence-corrected chi connectivity index (χ2v) is 10.0. The van der Waals surface area contributed by atoms with Crippen LogP contribution >= 0.6 is 11.8 Å². The molecule has 0 aliphatic carbocycles. The van der Waals surface area contributed by atoms with Crippen LogP contribution in [0, 0.1) is 32.6 Å². The number of hydrogen-bond acceptors (Lipinski definition) is 5. The molecule has 0 bridgehead atoms. The zero-order valence-corrected chi connectivity index (χ0v) is 19.9. The molecule has 1 fully saturated rings. The monoisotopic (exact) mass is 437 g/mol. The van der Waals surface area contributed by atoms with Crippen LogP contribution in [0.2, 0.25) is 0 Å². The minimum absolute atomic E-state index is 0.170. The molecule has 164 valence electrons. The first-order valence-corrected chi connectivity index (χ1v) is 12.0. The molecule has 0 spiro atoms. The van der Waals surface area contributed by atoms with Crippen molar-refractivity contribution in [3.63, 3.8) is 0 Å². The highest BCUT2D eigenvalue weighted by Crippen LogP contribution is 2.24. The maximum atomic E-state index is 12.7. The highest BCUT2D eigenvalue weighted by atomic mass is 32.2. The van der Waals surface area contributed by atoms with Crippen molar-refractivity contribution in [2.24, 2.45) is 11.8 Å². The molecule has 1 saturated heterocycles. The molecule has 1 aliphatic heterocycles. The fourth-order valence-corrected chi connectivity index (χ4v) is 5.34. The molecule has 2 atom stereocenters. The van der Waals surface area contributed by atoms with Crippen LogP contribution in [-0.2, 0) is 11.2 Å². The largest absolute Gasteiger partial charge is 0.341 e. The minimum Gasteiger partial charge on any atom is -0.341 e. The number of aromatic nitrogens is 4. The van der Waals surface area contributed by atoms with Gasteiger partial charge in [0.05, 0.1) is 5.75 Å². The molecule has 2 aromatic heterocycles. The van der Waals surface area contributed by atoms with Crippen molar-refractivity contribution in [1.29, 1.82) is 0 Å². The van der Waals surface area contributed by atoms with Crippen LogP contribution in [0.1, 0.15) is 48.3 Å². The van der Waals surface area contributed by atoms with Gasteiger partial charge in [0, 0.05) is 30.9 Å². The van der Waals surface area contributed by atoms with E-state index in [2.05, 4.69) is 62.0 Å². The van der Waals surface area contributed by atoms with E-state index in [0.717, 1.165) is 30.9 Å². The number of amides is 1. The Morgan fingerprint density at radius 1 is 1.13 bits per heavy atom. The van der Waals surface area contributed by atoms with Gasteiger partial charge in [-0.2, -0.15) is 4.98 Å². The lowest BCUT2D eigenvalue weighted by Crippen LogP contribution is -2.43. The molecule has 1 amide bonds. The summed E-state index contributed by atoms with van der Waals surface area (Å²) in [7, 11) is 0. The lowest BCUT2D eigenvalue weighted by Gasteiger charge is -2.34. The van der Waals surface area contributed by atoms with Gasteiger partial charge in [0.2, 0.25) is 11.1 Å². The van der Waals surface area contributed by atoms with Gasteiger partial charge < -0.3 is 4.90 Å². The van der Waals surface area contributed by atoms with Gasteiger partial charge in [-0.05, 0) is 50.2 Å². The van der Waals surface area contributed by atoms with Crippen LogP contribution < -0.4 is 0 Å². The van der Waals surface area contributed by atoms with E-state index in [4.69, 9.17) is 4.98 Å². The third-order valence-electron chi connectivity index (χ3n) is 6.04. The average Bonchev–Trinajstić information content (AvgIpc) is 3.11. The summed E-state index contributed by atoms with van der Waals surface area (Å²) < 4.78 is 1.82. The van der Waals surface area contributed by atoms with E-state index in [1.165, 1.54) is 34.9 Å². The number of likely N-dealkylation sites (tertiary alicyclic amines) is 1. The third kappa shape index (κ3) is 4.92. The minimum atomic E-state index is 0.170. The molecule has 3 aromatic rings. The van der Waals surface area contributed by atoms with Gasteiger partial charge in [-0.3, -0.25) is 4.79 Å². The van der Waals surface area contributed by atoms with Crippen molar-refractivity contribution in [1.82, 2.24) is 24.5 Å². The summed E-state index contributed by atoms with van der Waals surface area (Å²) in [6.07, 6.45) is 2.01. The zero-order valence-electron chi connectivity index (χ0n) is 19.1. The number of piperidine rings is 1. The first-order valence-electron chi connectivity index (χ1n) is 11.0. The van der Waals surface area contributed by atoms with Crippen molar-refractivity contribution in [2.45, 2.75) is 52.6 Å². The van der Waals surface area contributed by atoms with Crippen LogP contribution in [0.4, 0.5) is 0 Å². The normalized spacial score (nSPS) is 19.2. The van der Waals surface area contributed by atoms with E-state index in [-0.39, 0.29) is 5.91 Å². The molecule has 4 rings (SSSR count). The van der Waals surface area contributed by atoms with E-state index in [1.807, 2.05) is 16.3 Å². The molecular weight excluding hydrogens is 406 g/mol. The Morgan fingerprint density at radius 2 is 1.87 bits per heavy atom. The molecule has 1 aromatic carbocycles. The standard InChI is InChI=1S/C24H31N5OS/c1-15-7-6-8-20(10-15)11-21-18(4)25-23-26-24(27-29(23)19(21)5)31-14-22(30)28-12-16(2)9-17(3)13-28/h6-8,10,16-17H,9,11-14H2,1-5H3/t16-,17-/m1/s1. The number of fused-ring (bicyclic) bond motifs is 1. The molecule has 7 heteroatoms. The zero-order chi connectivity index (χ0) is 22.1. The Balaban J connectivity index is 1.50. The third-order valence-corrected chi connectivity index (χ3v) is 6.86. The lowest BCUT2D eigenvalue weighted by molar-refractivity contribution is -0.130. The second kappa shape index (κ2) is 8.99. The Hall–Kier alpha value is -2.41. The number of nitrogens with zero attached hydrogens (tertiary/aromatic N) is 5. The lowest BCUT2D eigenvalue weighted by atomic mass is 9.92. The summed E-state index contributed by atoms with van der Waals surface area (Å²) in [5.74, 6) is 2.26. The van der Waals surface area contributed by atoms with Gasteiger partial charge in [0.15, 0.2) is 0 Å². The van der Waals surface area contributed by atoms with Crippen LogP contribution in [0.25, 0.3) is 5.78 Å². The van der Waals surface area contributed by atoms with Crippen LogP contribution in [0.3, 0.4) is 0 Å². The van der Waals surface area contributed by atoms with E-state index < -0.39 is 0 Å². The van der Waals surface area contributed by atoms with Gasteiger partial charge in [-0.15, -0.1) is 5.10 Å². The molecule has 31 heavy (non-hydrogen) atoms. The van der Waals surface area contributed by atoms with E-state index in [0.29, 0.717) is 28.5 Å². The fourth-order valence-electron chi connectivity index (χ4n) is 4.62. The maximum absolute atomic E-state index is 12.7. The summed E-state index contributed by atoms with van der Waals surface area (Å²) in [6.45, 7) is 12.3. The smallest absolute Gasteiger partial charge is 0.253 e. The summed E-state index contributed by atoms with van der Waals surface area (Å²) in [6, 6.07) is 8.55. The summed E-state index contributed by atoms with van der Waals surface area (Å²) in [5.41, 5.74) is 5.71. The number of benzene rings is 1. The summed E-state index contributed by atoms with van der Waals surface area (Å²) >= 11 is 1.40. The SMILES string of the molecule is Cc1cccc(Cc2c(C)nc3nc(SCC(=O)N4C[C@H](C)C[C@@H](C)C4)nn3c2C)c1. The molecule has 6 nitrogen and oxygen atoms in total. The molecule has 0 N–H and O–H groups in total. The molecule has 0 radical (unpaired) electrons. The Labute approximate surface area is 188 Å². The van der Waals surface area contributed by atoms with E-state index in [9.17, 15) is 4.79 Å². The molecule has 0 saturated carbocycles. The van der Waals surface area contributed by atoms with Crippen molar-refractivity contribution < 1.29 is 4.79 Å². The number of carbonyl (C=O) groups is 1. The van der Waals surface area contributed by atoms with Gasteiger partial charge in [0.1, 0.15) is 0 Å². The number of rotatable bonds is 5. The first-order chi connectivity index (χ1) is 14.8. The topological polar surface area (TPSA) is 63.4 Å². The first kappa shape index (κ1) is 21.8. The van der Waals surface area contributed by atoms with Crippen LogP contribution in [0.5, 0.6) is 0 Å². The van der Waals surface area contributed by atoms with Crippen molar-refractivity contribution in [2.75, 3.05) is 18.8 Å². The van der Waals surface area contributed by atoms with Gasteiger partial charge >= 0.3 is 0 Å². The number of thioether (sulfide) groups is 1.